The molecule has 4 rings (SSSR count). The first-order valence-corrected chi connectivity index (χ1v) is 10.9. The molecule has 31 heavy (non-hydrogen) atoms. The molecular weight excluding hydrogens is 419 g/mol. The van der Waals surface area contributed by atoms with Gasteiger partial charge in [-0.1, -0.05) is 55.5 Å². The number of para-hydroxylation sites is 2. The number of anilines is 1. The summed E-state index contributed by atoms with van der Waals surface area (Å²) in [6, 6.07) is 11.4. The predicted molar refractivity (Wildman–Crippen MR) is 118 cm³/mol. The zero-order chi connectivity index (χ0) is 21.8. The van der Waals surface area contributed by atoms with Crippen LogP contribution in [-0.4, -0.2) is 24.4 Å². The highest BCUT2D eigenvalue weighted by Gasteiger charge is 2.32. The Morgan fingerprint density at radius 2 is 1.87 bits per heavy atom. The van der Waals surface area contributed by atoms with Crippen molar-refractivity contribution in [1.29, 1.82) is 0 Å². The normalized spacial score (nSPS) is 18.3. The van der Waals surface area contributed by atoms with Gasteiger partial charge in [-0.3, -0.25) is 14.5 Å². The third kappa shape index (κ3) is 4.90. The average molecular weight is 443 g/mol. The third-order valence-electron chi connectivity index (χ3n) is 5.63. The maximum Gasteiger partial charge on any atom is 0.294 e. The summed E-state index contributed by atoms with van der Waals surface area (Å²) in [5.74, 6) is -0.974. The number of benzene rings is 2. The fourth-order valence-electron chi connectivity index (χ4n) is 4.04. The molecule has 2 aliphatic rings. The highest BCUT2D eigenvalue weighted by Crippen LogP contribution is 2.36. The summed E-state index contributed by atoms with van der Waals surface area (Å²) in [5, 5.41) is 3.23. The summed E-state index contributed by atoms with van der Waals surface area (Å²) in [6.07, 6.45) is 7.77. The second-order valence-corrected chi connectivity index (χ2v) is 8.27. The van der Waals surface area contributed by atoms with Crippen LogP contribution in [0.2, 0.25) is 5.02 Å². The van der Waals surface area contributed by atoms with E-state index in [-0.39, 0.29) is 34.8 Å². The van der Waals surface area contributed by atoms with Gasteiger partial charge < -0.3 is 10.1 Å². The number of carbonyl (C=O) groups excluding carboxylic acids is 2. The summed E-state index contributed by atoms with van der Waals surface area (Å²) in [4.78, 5) is 27.3. The lowest BCUT2D eigenvalue weighted by atomic mass is 10.1. The zero-order valence-electron chi connectivity index (χ0n) is 17.1. The molecule has 0 aromatic heterocycles. The van der Waals surface area contributed by atoms with Crippen molar-refractivity contribution in [3.63, 3.8) is 0 Å². The predicted octanol–water partition coefficient (Wildman–Crippen LogP) is 5.08. The molecule has 5 nitrogen and oxygen atoms in total. The van der Waals surface area contributed by atoms with Gasteiger partial charge in [0, 0.05) is 11.6 Å². The minimum atomic E-state index is -0.562. The molecule has 1 fully saturated rings. The monoisotopic (exact) mass is 442 g/mol. The van der Waals surface area contributed by atoms with Gasteiger partial charge in [0.2, 0.25) is 5.91 Å². The molecule has 0 unspecified atom stereocenters. The van der Waals surface area contributed by atoms with Crippen molar-refractivity contribution in [2.75, 3.05) is 11.4 Å². The highest BCUT2D eigenvalue weighted by atomic mass is 35.5. The summed E-state index contributed by atoms with van der Waals surface area (Å²) in [7, 11) is 0. The van der Waals surface area contributed by atoms with Crippen LogP contribution in [0.1, 0.15) is 44.1 Å². The van der Waals surface area contributed by atoms with Crippen LogP contribution in [-0.2, 0) is 9.59 Å². The summed E-state index contributed by atoms with van der Waals surface area (Å²) in [5.41, 5.74) is 0.565. The minimum Gasteiger partial charge on any atom is -0.449 e. The van der Waals surface area contributed by atoms with Crippen LogP contribution in [0.4, 0.5) is 10.1 Å². The molecule has 2 aromatic carbocycles. The Hall–Kier alpha value is -2.86. The van der Waals surface area contributed by atoms with Crippen molar-refractivity contribution >= 4 is 35.2 Å². The third-order valence-corrected chi connectivity index (χ3v) is 5.96. The van der Waals surface area contributed by atoms with E-state index in [4.69, 9.17) is 16.3 Å². The van der Waals surface area contributed by atoms with Crippen molar-refractivity contribution in [1.82, 2.24) is 5.32 Å². The van der Waals surface area contributed by atoms with Crippen LogP contribution in [0.5, 0.6) is 5.75 Å². The van der Waals surface area contributed by atoms with E-state index in [0.29, 0.717) is 11.4 Å². The SMILES string of the molecule is O=C(CN1C(=O)C(=Cc2c(F)cccc2Cl)Oc2ccccc21)NC1CCCCCC1. The molecule has 1 heterocycles. The number of hydrogen-bond donors (Lipinski definition) is 1. The summed E-state index contributed by atoms with van der Waals surface area (Å²) in [6.45, 7) is -0.141. The molecule has 1 aliphatic heterocycles. The van der Waals surface area contributed by atoms with Gasteiger partial charge in [0.05, 0.1) is 10.7 Å². The second-order valence-electron chi connectivity index (χ2n) is 7.86. The summed E-state index contributed by atoms with van der Waals surface area (Å²) >= 11 is 6.11. The highest BCUT2D eigenvalue weighted by molar-refractivity contribution is 6.32. The molecule has 0 radical (unpaired) electrons. The van der Waals surface area contributed by atoms with Crippen molar-refractivity contribution in [2.24, 2.45) is 0 Å². The van der Waals surface area contributed by atoms with Gasteiger partial charge in [0.25, 0.3) is 5.91 Å². The number of nitrogens with zero attached hydrogens (tertiary/aromatic N) is 1. The number of ether oxygens (including phenoxy) is 1. The van der Waals surface area contributed by atoms with E-state index in [0.717, 1.165) is 25.7 Å². The number of rotatable bonds is 4. The van der Waals surface area contributed by atoms with Gasteiger partial charge in [0.1, 0.15) is 12.4 Å². The molecule has 0 spiro atoms. The average Bonchev–Trinajstić information content (AvgIpc) is 3.02. The molecular formula is C24H24ClFN2O3. The molecule has 0 saturated heterocycles. The van der Waals surface area contributed by atoms with Crippen molar-refractivity contribution < 1.29 is 18.7 Å². The van der Waals surface area contributed by atoms with E-state index in [1.165, 1.54) is 42.0 Å². The lowest BCUT2D eigenvalue weighted by Crippen LogP contribution is -2.46. The molecule has 0 bridgehead atoms. The molecule has 1 saturated carbocycles. The fraction of sp³-hybridized carbons (Fsp3) is 0.333. The Balaban J connectivity index is 1.59. The van der Waals surface area contributed by atoms with Gasteiger partial charge in [-0.05, 0) is 43.2 Å². The van der Waals surface area contributed by atoms with Gasteiger partial charge in [-0.2, -0.15) is 0 Å². The van der Waals surface area contributed by atoms with E-state index >= 15 is 0 Å². The maximum atomic E-state index is 14.3. The van der Waals surface area contributed by atoms with Crippen LogP contribution in [0.3, 0.4) is 0 Å². The van der Waals surface area contributed by atoms with Crippen LogP contribution in [0.25, 0.3) is 6.08 Å². The fourth-order valence-corrected chi connectivity index (χ4v) is 4.26. The van der Waals surface area contributed by atoms with Crippen molar-refractivity contribution in [2.45, 2.75) is 44.6 Å². The molecule has 2 amide bonds. The molecule has 1 N–H and O–H groups in total. The molecule has 162 valence electrons. The van der Waals surface area contributed by atoms with E-state index < -0.39 is 11.7 Å². The van der Waals surface area contributed by atoms with E-state index in [1.807, 2.05) is 0 Å². The minimum absolute atomic E-state index is 0.0646. The topological polar surface area (TPSA) is 58.6 Å². The van der Waals surface area contributed by atoms with E-state index in [2.05, 4.69) is 5.32 Å². The van der Waals surface area contributed by atoms with Gasteiger partial charge >= 0.3 is 0 Å². The van der Waals surface area contributed by atoms with Gasteiger partial charge in [-0.15, -0.1) is 0 Å². The van der Waals surface area contributed by atoms with Crippen LogP contribution in [0, 0.1) is 5.82 Å². The van der Waals surface area contributed by atoms with Crippen LogP contribution in [0.15, 0.2) is 48.2 Å². The quantitative estimate of drug-likeness (QED) is 0.530. The molecule has 7 heteroatoms. The van der Waals surface area contributed by atoms with Gasteiger partial charge in [-0.25, -0.2) is 4.39 Å². The standard InChI is InChI=1S/C24H24ClFN2O3/c25-18-10-7-11-19(26)17(18)14-22-24(30)28(20-12-5-6-13-21(20)31-22)15-23(29)27-16-8-3-1-2-4-9-16/h5-7,10-14,16H,1-4,8-9,15H2,(H,27,29). The lowest BCUT2D eigenvalue weighted by Gasteiger charge is -2.30. The molecule has 0 atom stereocenters. The number of nitrogens with one attached hydrogen (secondary N) is 1. The number of carbonyl (C=O) groups is 2. The van der Waals surface area contributed by atoms with E-state index in [9.17, 15) is 14.0 Å². The number of fused-ring (bicyclic) bond motifs is 1. The summed E-state index contributed by atoms with van der Waals surface area (Å²) < 4.78 is 20.0. The lowest BCUT2D eigenvalue weighted by molar-refractivity contribution is -0.124. The maximum absolute atomic E-state index is 14.3. The molecule has 1 aliphatic carbocycles. The Kier molecular flexibility index (Phi) is 6.56. The Labute approximate surface area is 185 Å². The van der Waals surface area contributed by atoms with Gasteiger partial charge in [0.15, 0.2) is 11.5 Å². The largest absolute Gasteiger partial charge is 0.449 e. The van der Waals surface area contributed by atoms with Crippen molar-refractivity contribution in [3.05, 3.63) is 64.6 Å². The Morgan fingerprint density at radius 1 is 1.13 bits per heavy atom. The molecule has 2 aromatic rings. The number of amides is 2. The van der Waals surface area contributed by atoms with Crippen LogP contribution >= 0.6 is 11.6 Å². The first-order valence-electron chi connectivity index (χ1n) is 10.6. The zero-order valence-corrected chi connectivity index (χ0v) is 17.8. The van der Waals surface area contributed by atoms with Crippen LogP contribution < -0.4 is 15.0 Å². The van der Waals surface area contributed by atoms with Crippen molar-refractivity contribution in [3.8, 4) is 5.75 Å². The number of hydrogen-bond acceptors (Lipinski definition) is 3. The second kappa shape index (κ2) is 9.52. The number of halogens is 2. The Bertz CT molecular complexity index is 995. The Morgan fingerprint density at radius 3 is 2.61 bits per heavy atom. The first-order chi connectivity index (χ1) is 15.0. The smallest absolute Gasteiger partial charge is 0.294 e. The van der Waals surface area contributed by atoms with E-state index in [1.54, 1.807) is 24.3 Å². The first kappa shape index (κ1) is 21.4.